The lowest BCUT2D eigenvalue weighted by molar-refractivity contribution is -0.118. The van der Waals surface area contributed by atoms with Gasteiger partial charge in [0.25, 0.3) is 0 Å². The van der Waals surface area contributed by atoms with Crippen LogP contribution in [-0.2, 0) is 4.79 Å². The molecule has 2 aromatic rings. The second kappa shape index (κ2) is 3.62. The maximum Gasteiger partial charge on any atom is 0.133 e. The molecule has 88 valence electrons. The highest BCUT2D eigenvalue weighted by molar-refractivity contribution is 5.89. The zero-order valence-corrected chi connectivity index (χ0v) is 9.99. The number of carbonyl (C=O) groups is 1. The molecule has 1 aromatic heterocycles. The number of Topliss-reactive ketones (excluding diaryl/α,β-unsaturated/α-hetero) is 1. The predicted molar refractivity (Wildman–Crippen MR) is 66.4 cm³/mol. The lowest BCUT2D eigenvalue weighted by Gasteiger charge is -2.01. The van der Waals surface area contributed by atoms with Crippen molar-refractivity contribution in [3.63, 3.8) is 0 Å². The summed E-state index contributed by atoms with van der Waals surface area (Å²) in [5.74, 6) is 1.78. The van der Waals surface area contributed by atoms with Gasteiger partial charge >= 0.3 is 0 Å². The quantitative estimate of drug-likeness (QED) is 0.879. The number of ketones is 1. The molecule has 3 rings (SSSR count). The van der Waals surface area contributed by atoms with E-state index >= 15 is 0 Å². The van der Waals surface area contributed by atoms with E-state index in [0.717, 1.165) is 17.7 Å². The summed E-state index contributed by atoms with van der Waals surface area (Å²) in [6.07, 6.45) is 3.01. The summed E-state index contributed by atoms with van der Waals surface area (Å²) >= 11 is 0. The van der Waals surface area contributed by atoms with Crippen LogP contribution in [0.2, 0.25) is 0 Å². The molecule has 0 amide bonds. The number of H-pyrrole nitrogens is 1. The van der Waals surface area contributed by atoms with E-state index in [-0.39, 0.29) is 5.92 Å². The molecule has 3 heteroatoms. The highest BCUT2D eigenvalue weighted by Crippen LogP contribution is 2.50. The molecule has 0 radical (unpaired) electrons. The van der Waals surface area contributed by atoms with Gasteiger partial charge in [-0.3, -0.25) is 4.79 Å². The smallest absolute Gasteiger partial charge is 0.133 e. The molecule has 3 nitrogen and oxygen atoms in total. The van der Waals surface area contributed by atoms with Crippen LogP contribution in [0.15, 0.2) is 24.4 Å². The summed E-state index contributed by atoms with van der Waals surface area (Å²) in [6, 6.07) is 6.00. The van der Waals surface area contributed by atoms with Crippen LogP contribution in [0.1, 0.15) is 24.8 Å². The van der Waals surface area contributed by atoms with Gasteiger partial charge in [-0.2, -0.15) is 0 Å². The van der Waals surface area contributed by atoms with E-state index in [0.29, 0.717) is 11.7 Å². The Labute approximate surface area is 99.8 Å². The van der Waals surface area contributed by atoms with Gasteiger partial charge in [0.15, 0.2) is 0 Å². The Balaban J connectivity index is 2.03. The number of aromatic amines is 1. The summed E-state index contributed by atoms with van der Waals surface area (Å²) in [5, 5.41) is 1.18. The van der Waals surface area contributed by atoms with Gasteiger partial charge in [-0.15, -0.1) is 0 Å². The molecule has 17 heavy (non-hydrogen) atoms. The molecule has 1 heterocycles. The largest absolute Gasteiger partial charge is 0.497 e. The molecule has 2 atom stereocenters. The fourth-order valence-electron chi connectivity index (χ4n) is 2.54. The van der Waals surface area contributed by atoms with Crippen molar-refractivity contribution in [1.82, 2.24) is 4.98 Å². The fourth-order valence-corrected chi connectivity index (χ4v) is 2.54. The van der Waals surface area contributed by atoms with Crippen LogP contribution >= 0.6 is 0 Å². The van der Waals surface area contributed by atoms with Gasteiger partial charge in [0.05, 0.1) is 7.11 Å². The van der Waals surface area contributed by atoms with Crippen LogP contribution in [0.4, 0.5) is 0 Å². The van der Waals surface area contributed by atoms with Crippen LogP contribution in [-0.4, -0.2) is 17.9 Å². The zero-order valence-electron chi connectivity index (χ0n) is 9.99. The van der Waals surface area contributed by atoms with Crippen molar-refractivity contribution in [3.8, 4) is 5.75 Å². The molecule has 0 bridgehead atoms. The van der Waals surface area contributed by atoms with Crippen molar-refractivity contribution in [2.24, 2.45) is 5.92 Å². The molecule has 1 N–H and O–H groups in total. The molecular formula is C14H15NO2. The van der Waals surface area contributed by atoms with Crippen molar-refractivity contribution >= 4 is 16.7 Å². The average Bonchev–Trinajstić information content (AvgIpc) is 3.02. The van der Waals surface area contributed by atoms with Gasteiger partial charge in [-0.05, 0) is 43.0 Å². The number of fused-ring (bicyclic) bond motifs is 1. The summed E-state index contributed by atoms with van der Waals surface area (Å²) in [7, 11) is 1.67. The second-order valence-corrected chi connectivity index (χ2v) is 4.71. The fraction of sp³-hybridized carbons (Fsp3) is 0.357. The summed E-state index contributed by atoms with van der Waals surface area (Å²) in [6.45, 7) is 1.68. The molecule has 0 spiro atoms. The van der Waals surface area contributed by atoms with Crippen LogP contribution in [0, 0.1) is 5.92 Å². The third kappa shape index (κ3) is 1.62. The molecule has 1 aliphatic carbocycles. The molecule has 0 saturated heterocycles. The lowest BCUT2D eigenvalue weighted by atomic mass is 10.1. The van der Waals surface area contributed by atoms with E-state index in [1.807, 2.05) is 24.4 Å². The molecule has 1 saturated carbocycles. The zero-order chi connectivity index (χ0) is 12.0. The Bertz CT molecular complexity index is 585. The maximum atomic E-state index is 11.3. The number of carbonyl (C=O) groups excluding carboxylic acids is 1. The van der Waals surface area contributed by atoms with Crippen molar-refractivity contribution < 1.29 is 9.53 Å². The van der Waals surface area contributed by atoms with Gasteiger partial charge in [0, 0.05) is 23.0 Å². The Morgan fingerprint density at radius 3 is 2.94 bits per heavy atom. The number of methoxy groups -OCH3 is 1. The molecule has 2 unspecified atom stereocenters. The van der Waals surface area contributed by atoms with E-state index in [4.69, 9.17) is 4.74 Å². The minimum atomic E-state index is 0.222. The third-order valence-corrected chi connectivity index (χ3v) is 3.63. The standard InChI is InChI=1S/C14H15NO2/c1-8(16)10-6-11(10)13-7-15-14-4-3-9(17-2)5-12(13)14/h3-5,7,10-11,15H,6H2,1-2H3. The topological polar surface area (TPSA) is 42.1 Å². The molecule has 1 aliphatic rings. The number of ether oxygens (including phenoxy) is 1. The summed E-state index contributed by atoms with van der Waals surface area (Å²) < 4.78 is 5.24. The highest BCUT2D eigenvalue weighted by Gasteiger charge is 2.42. The van der Waals surface area contributed by atoms with Crippen LogP contribution in [0.3, 0.4) is 0 Å². The molecule has 1 fully saturated rings. The van der Waals surface area contributed by atoms with Crippen molar-refractivity contribution in [2.45, 2.75) is 19.3 Å². The number of hydrogen-bond donors (Lipinski definition) is 1. The number of hydrogen-bond acceptors (Lipinski definition) is 2. The van der Waals surface area contributed by atoms with E-state index in [1.165, 1.54) is 10.9 Å². The Kier molecular flexibility index (Phi) is 2.21. The summed E-state index contributed by atoms with van der Waals surface area (Å²) in [4.78, 5) is 14.6. The van der Waals surface area contributed by atoms with Crippen LogP contribution < -0.4 is 4.74 Å². The first-order chi connectivity index (χ1) is 8.20. The Hall–Kier alpha value is -1.77. The number of rotatable bonds is 3. The van der Waals surface area contributed by atoms with Gasteiger partial charge in [0.1, 0.15) is 11.5 Å². The highest BCUT2D eigenvalue weighted by atomic mass is 16.5. The first-order valence-electron chi connectivity index (χ1n) is 5.86. The van der Waals surface area contributed by atoms with Gasteiger partial charge in [0.2, 0.25) is 0 Å². The molecular weight excluding hydrogens is 214 g/mol. The van der Waals surface area contributed by atoms with Crippen LogP contribution in [0.25, 0.3) is 10.9 Å². The van der Waals surface area contributed by atoms with E-state index < -0.39 is 0 Å². The van der Waals surface area contributed by atoms with Gasteiger partial charge < -0.3 is 9.72 Å². The minimum Gasteiger partial charge on any atom is -0.497 e. The maximum absolute atomic E-state index is 11.3. The average molecular weight is 229 g/mol. The Morgan fingerprint density at radius 1 is 1.47 bits per heavy atom. The first-order valence-corrected chi connectivity index (χ1v) is 5.86. The summed E-state index contributed by atoms with van der Waals surface area (Å²) in [5.41, 5.74) is 2.36. The van der Waals surface area contributed by atoms with Gasteiger partial charge in [-0.1, -0.05) is 0 Å². The second-order valence-electron chi connectivity index (χ2n) is 4.71. The molecule has 0 aliphatic heterocycles. The normalized spacial score (nSPS) is 22.7. The van der Waals surface area contributed by atoms with E-state index in [1.54, 1.807) is 14.0 Å². The Morgan fingerprint density at radius 2 is 2.29 bits per heavy atom. The molecule has 1 aromatic carbocycles. The SMILES string of the molecule is COc1ccc2[nH]cc(C3CC3C(C)=O)c2c1. The van der Waals surface area contributed by atoms with Gasteiger partial charge in [-0.25, -0.2) is 0 Å². The number of benzene rings is 1. The van der Waals surface area contributed by atoms with Crippen molar-refractivity contribution in [3.05, 3.63) is 30.0 Å². The monoisotopic (exact) mass is 229 g/mol. The first kappa shape index (κ1) is 10.4. The van der Waals surface area contributed by atoms with E-state index in [2.05, 4.69) is 4.98 Å². The van der Waals surface area contributed by atoms with Crippen LogP contribution in [0.5, 0.6) is 5.75 Å². The van der Waals surface area contributed by atoms with Crippen molar-refractivity contribution in [2.75, 3.05) is 7.11 Å². The third-order valence-electron chi connectivity index (χ3n) is 3.63. The predicted octanol–water partition coefficient (Wildman–Crippen LogP) is 2.87. The van der Waals surface area contributed by atoms with Crippen molar-refractivity contribution in [1.29, 1.82) is 0 Å². The lowest BCUT2D eigenvalue weighted by Crippen LogP contribution is -1.94. The number of nitrogens with one attached hydrogen (secondary N) is 1. The van der Waals surface area contributed by atoms with E-state index in [9.17, 15) is 4.79 Å². The number of aromatic nitrogens is 1. The minimum absolute atomic E-state index is 0.222.